The second-order valence-corrected chi connectivity index (χ2v) is 15.5. The van der Waals surface area contributed by atoms with Crippen LogP contribution in [0, 0.1) is 6.92 Å². The number of nitrogens with zero attached hydrogens (tertiary/aromatic N) is 2. The van der Waals surface area contributed by atoms with Crippen LogP contribution in [0.25, 0.3) is 0 Å². The Bertz CT molecular complexity index is 2010. The highest BCUT2D eigenvalue weighted by Gasteiger charge is 2.63. The van der Waals surface area contributed by atoms with Crippen molar-refractivity contribution in [3.63, 3.8) is 0 Å². The lowest BCUT2D eigenvalue weighted by atomic mass is 9.86. The summed E-state index contributed by atoms with van der Waals surface area (Å²) in [5, 5.41) is 8.46. The van der Waals surface area contributed by atoms with Gasteiger partial charge in [-0.25, -0.2) is 0 Å². The first kappa shape index (κ1) is 40.2. The van der Waals surface area contributed by atoms with Crippen molar-refractivity contribution >= 4 is 106 Å². The van der Waals surface area contributed by atoms with Crippen LogP contribution in [-0.4, -0.2) is 23.8 Å². The third kappa shape index (κ3) is 8.39. The van der Waals surface area contributed by atoms with Crippen LogP contribution in [0.3, 0.4) is 0 Å². The molecule has 2 unspecified atom stereocenters. The van der Waals surface area contributed by atoms with Crippen molar-refractivity contribution in [3.05, 3.63) is 135 Å². The van der Waals surface area contributed by atoms with Gasteiger partial charge in [-0.05, 0) is 66.6 Å². The smallest absolute Gasteiger partial charge is 0.374 e. The van der Waals surface area contributed by atoms with Crippen LogP contribution in [0.5, 0.6) is 0 Å². The quantitative estimate of drug-likeness (QED) is 0.148. The van der Waals surface area contributed by atoms with Crippen molar-refractivity contribution < 1.29 is 36.0 Å². The Hall–Kier alpha value is -2.00. The third-order valence-electron chi connectivity index (χ3n) is 8.07. The van der Waals surface area contributed by atoms with E-state index in [1.54, 1.807) is 36.4 Å². The molecule has 4 nitrogen and oxygen atoms in total. The Morgan fingerprint density at radius 2 is 1.02 bits per heavy atom. The number of hydrogen-bond donors (Lipinski definition) is 0. The summed E-state index contributed by atoms with van der Waals surface area (Å²) in [5.74, 6) is 0. The lowest BCUT2D eigenvalue weighted by Crippen LogP contribution is -2.42. The lowest BCUT2D eigenvalue weighted by molar-refractivity contribution is -0.276. The van der Waals surface area contributed by atoms with Crippen molar-refractivity contribution in [2.24, 2.45) is 10.3 Å². The Labute approximate surface area is 333 Å². The lowest BCUT2D eigenvalue weighted by Gasteiger charge is -2.29. The largest absolute Gasteiger partial charge is 0.435 e. The van der Waals surface area contributed by atoms with Crippen LogP contribution in [0.1, 0.15) is 46.2 Å². The third-order valence-corrected chi connectivity index (χ3v) is 11.1. The Kier molecular flexibility index (Phi) is 12.1. The van der Waals surface area contributed by atoms with E-state index >= 15 is 0 Å². The van der Waals surface area contributed by atoms with Crippen molar-refractivity contribution in [2.45, 2.75) is 48.7 Å². The van der Waals surface area contributed by atoms with Gasteiger partial charge in [0.1, 0.15) is 0 Å². The van der Waals surface area contributed by atoms with Gasteiger partial charge in [0, 0.05) is 69.5 Å². The minimum atomic E-state index is -4.71. The minimum absolute atomic E-state index is 0.0950. The molecule has 2 aliphatic rings. The van der Waals surface area contributed by atoms with Crippen molar-refractivity contribution in [3.8, 4) is 0 Å². The van der Waals surface area contributed by atoms with Gasteiger partial charge in [0.05, 0.1) is 11.4 Å². The molecule has 17 heteroatoms. The SMILES string of the molecule is Cc1ccc(C2=NOC(c3cc(Cl)cc(Cl)c3)(C(F)(F)F)C2)cc1Br.FC(F)(F)C1(c2cc(Cl)cc(Cl)c2)CC(c2ccc(CBr)c(Br)c2)=NO1. The number of rotatable bonds is 5. The van der Waals surface area contributed by atoms with E-state index in [0.717, 1.165) is 20.1 Å². The van der Waals surface area contributed by atoms with E-state index in [-0.39, 0.29) is 42.6 Å². The molecule has 0 bridgehead atoms. The van der Waals surface area contributed by atoms with Gasteiger partial charge in [-0.1, -0.05) is 129 Å². The maximum absolute atomic E-state index is 14.0. The van der Waals surface area contributed by atoms with Crippen molar-refractivity contribution in [2.75, 3.05) is 0 Å². The predicted octanol–water partition coefficient (Wildman–Crippen LogP) is 13.9. The number of alkyl halides is 7. The average Bonchev–Trinajstić information content (AvgIpc) is 3.69. The molecule has 51 heavy (non-hydrogen) atoms. The molecule has 0 saturated heterocycles. The van der Waals surface area contributed by atoms with Gasteiger partial charge in [-0.3, -0.25) is 0 Å². The molecule has 0 saturated carbocycles. The fourth-order valence-corrected chi connectivity index (χ4v) is 8.11. The van der Waals surface area contributed by atoms with Crippen LogP contribution in [-0.2, 0) is 26.2 Å². The number of aryl methyl sites for hydroxylation is 1. The summed E-state index contributed by atoms with van der Waals surface area (Å²) in [6.07, 6.45) is -10.4. The van der Waals surface area contributed by atoms with E-state index in [1.807, 2.05) is 6.92 Å². The maximum Gasteiger partial charge on any atom is 0.435 e. The molecule has 0 radical (unpaired) electrons. The van der Waals surface area contributed by atoms with Gasteiger partial charge >= 0.3 is 12.4 Å². The molecular weight excluding hydrogens is 964 g/mol. The van der Waals surface area contributed by atoms with E-state index < -0.39 is 36.4 Å². The van der Waals surface area contributed by atoms with Gasteiger partial charge in [-0.15, -0.1) is 0 Å². The molecule has 0 aromatic heterocycles. The zero-order valence-corrected chi connectivity index (χ0v) is 33.5. The van der Waals surface area contributed by atoms with E-state index in [2.05, 4.69) is 58.1 Å². The summed E-state index contributed by atoms with van der Waals surface area (Å²) < 4.78 is 85.1. The molecule has 4 aromatic carbocycles. The molecule has 2 atom stereocenters. The summed E-state index contributed by atoms with van der Waals surface area (Å²) in [6.45, 7) is 1.88. The predicted molar refractivity (Wildman–Crippen MR) is 199 cm³/mol. The first-order valence-corrected chi connectivity index (χ1v) is 18.7. The van der Waals surface area contributed by atoms with Gasteiger partial charge in [0.25, 0.3) is 11.2 Å². The van der Waals surface area contributed by atoms with Gasteiger partial charge in [-0.2, -0.15) is 26.3 Å². The molecule has 270 valence electrons. The summed E-state index contributed by atoms with van der Waals surface area (Å²) in [7, 11) is 0. The summed E-state index contributed by atoms with van der Waals surface area (Å²) in [6, 6.07) is 18.0. The normalized spacial score (nSPS) is 20.2. The van der Waals surface area contributed by atoms with Crippen LogP contribution in [0.4, 0.5) is 26.3 Å². The standard InChI is InChI=1S/C17H10Br2Cl2F3NO.C17H11BrCl2F3NO/c18-8-10-2-1-9(3-14(10)19)15-7-16(26-25-15,17(22,23)24)11-4-12(20)6-13(21)5-11;1-9-2-3-10(4-14(9)18)15-8-16(25-24-15,17(21,22)23)11-5-12(19)7-13(20)6-11/h1-6H,7-8H2;2-7H,8H2,1H3. The molecule has 2 heterocycles. The number of halogens is 13. The zero-order valence-electron chi connectivity index (χ0n) is 25.7. The number of benzene rings is 4. The van der Waals surface area contributed by atoms with Crippen LogP contribution < -0.4 is 0 Å². The van der Waals surface area contributed by atoms with Crippen molar-refractivity contribution in [1.29, 1.82) is 0 Å². The summed E-state index contributed by atoms with van der Waals surface area (Å²) in [4.78, 5) is 9.95. The topological polar surface area (TPSA) is 43.2 Å². The molecule has 0 spiro atoms. The van der Waals surface area contributed by atoms with Crippen LogP contribution in [0.2, 0.25) is 20.1 Å². The molecule has 6 rings (SSSR count). The highest BCUT2D eigenvalue weighted by atomic mass is 79.9. The molecule has 0 N–H and O–H groups in total. The molecule has 2 aliphatic heterocycles. The average molecular weight is 985 g/mol. The highest BCUT2D eigenvalue weighted by molar-refractivity contribution is 9.11. The summed E-state index contributed by atoms with van der Waals surface area (Å²) in [5.41, 5.74) is -2.18. The fourth-order valence-electron chi connectivity index (χ4n) is 5.30. The Morgan fingerprint density at radius 1 is 0.627 bits per heavy atom. The van der Waals surface area contributed by atoms with Crippen LogP contribution >= 0.6 is 94.2 Å². The second kappa shape index (κ2) is 15.4. The molecule has 0 amide bonds. The zero-order chi connectivity index (χ0) is 37.5. The number of oxime groups is 2. The van der Waals surface area contributed by atoms with Gasteiger partial charge in [0.2, 0.25) is 0 Å². The van der Waals surface area contributed by atoms with Crippen LogP contribution in [0.15, 0.2) is 92.1 Å². The van der Waals surface area contributed by atoms with Gasteiger partial charge in [0.15, 0.2) is 0 Å². The Balaban J connectivity index is 0.000000198. The first-order valence-electron chi connectivity index (χ1n) is 14.5. The fraction of sp³-hybridized carbons (Fsp3) is 0.235. The Morgan fingerprint density at radius 3 is 1.37 bits per heavy atom. The van der Waals surface area contributed by atoms with Crippen molar-refractivity contribution in [1.82, 2.24) is 0 Å². The van der Waals surface area contributed by atoms with E-state index in [0.29, 0.717) is 16.5 Å². The second-order valence-electron chi connectivity index (χ2n) is 11.5. The van der Waals surface area contributed by atoms with E-state index in [1.165, 1.54) is 36.4 Å². The first-order chi connectivity index (χ1) is 23.8. The molecule has 4 aromatic rings. The molecule has 0 fully saturated rings. The highest BCUT2D eigenvalue weighted by Crippen LogP contribution is 2.51. The monoisotopic (exact) mass is 980 g/mol. The summed E-state index contributed by atoms with van der Waals surface area (Å²) >= 11 is 33.7. The molecule has 0 aliphatic carbocycles. The molecular formula is C34H21Br3Cl4F6N2O2. The maximum atomic E-state index is 14.0. The minimum Gasteiger partial charge on any atom is -0.374 e. The number of hydrogen-bond acceptors (Lipinski definition) is 4. The van der Waals surface area contributed by atoms with Gasteiger partial charge < -0.3 is 9.68 Å². The van der Waals surface area contributed by atoms with E-state index in [9.17, 15) is 26.3 Å². The van der Waals surface area contributed by atoms with E-state index in [4.69, 9.17) is 56.1 Å².